The molecule has 0 amide bonds. The first kappa shape index (κ1) is 12.9. The van der Waals surface area contributed by atoms with Crippen molar-refractivity contribution in [2.24, 2.45) is 5.73 Å². The average Bonchev–Trinajstić information content (AvgIpc) is 2.03. The first-order valence-electron chi connectivity index (χ1n) is 3.80. The van der Waals surface area contributed by atoms with Gasteiger partial charge in [0.1, 0.15) is 0 Å². The molecule has 0 heterocycles. The van der Waals surface area contributed by atoms with Gasteiger partial charge in [-0.05, 0) is 30.2 Å². The van der Waals surface area contributed by atoms with Gasteiger partial charge in [0.2, 0.25) is 0 Å². The molecule has 1 atom stereocenters. The van der Waals surface area contributed by atoms with Gasteiger partial charge in [-0.2, -0.15) is 0 Å². The van der Waals surface area contributed by atoms with Crippen LogP contribution in [0.5, 0.6) is 0 Å². The summed E-state index contributed by atoms with van der Waals surface area (Å²) in [4.78, 5) is 0. The molecule has 74 valence electrons. The molecule has 0 bridgehead atoms. The summed E-state index contributed by atoms with van der Waals surface area (Å²) in [7, 11) is 0. The molecule has 0 saturated carbocycles. The Labute approximate surface area is 92.7 Å². The van der Waals surface area contributed by atoms with Crippen molar-refractivity contribution in [1.29, 1.82) is 0 Å². The van der Waals surface area contributed by atoms with Crippen LogP contribution in [-0.4, -0.2) is 5.11 Å². The topological polar surface area (TPSA) is 46.2 Å². The van der Waals surface area contributed by atoms with E-state index in [1.54, 1.807) is 0 Å². The highest BCUT2D eigenvalue weighted by Crippen LogP contribution is 2.20. The number of rotatable bonds is 2. The zero-order valence-corrected chi connectivity index (χ0v) is 9.73. The third-order valence-corrected chi connectivity index (χ3v) is 2.26. The second kappa shape index (κ2) is 5.60. The Morgan fingerprint density at radius 3 is 2.62 bits per heavy atom. The molecule has 2 nitrogen and oxygen atoms in total. The van der Waals surface area contributed by atoms with Gasteiger partial charge in [0.05, 0.1) is 6.61 Å². The first-order chi connectivity index (χ1) is 5.65. The number of benzene rings is 1. The molecule has 1 rings (SSSR count). The molecule has 3 N–H and O–H groups in total. The van der Waals surface area contributed by atoms with E-state index >= 15 is 0 Å². The van der Waals surface area contributed by atoms with Crippen LogP contribution in [0.1, 0.15) is 24.1 Å². The lowest BCUT2D eigenvalue weighted by Crippen LogP contribution is -2.08. The maximum atomic E-state index is 9.02. The zero-order chi connectivity index (χ0) is 9.14. The van der Waals surface area contributed by atoms with Crippen LogP contribution in [-0.2, 0) is 6.61 Å². The minimum atomic E-state index is -0.0275. The Morgan fingerprint density at radius 1 is 1.54 bits per heavy atom. The molecule has 0 aromatic heterocycles. The van der Waals surface area contributed by atoms with Gasteiger partial charge in [-0.1, -0.05) is 22.0 Å². The van der Waals surface area contributed by atoms with E-state index in [0.29, 0.717) is 0 Å². The van der Waals surface area contributed by atoms with Crippen LogP contribution in [0, 0.1) is 0 Å². The van der Waals surface area contributed by atoms with Crippen molar-refractivity contribution in [3.05, 3.63) is 33.8 Å². The van der Waals surface area contributed by atoms with Gasteiger partial charge < -0.3 is 10.8 Å². The van der Waals surface area contributed by atoms with E-state index in [1.807, 2.05) is 25.1 Å². The summed E-state index contributed by atoms with van der Waals surface area (Å²) in [6, 6.07) is 5.72. The smallest absolute Gasteiger partial charge is 0.0685 e. The van der Waals surface area contributed by atoms with Crippen LogP contribution in [0.2, 0.25) is 0 Å². The lowest BCUT2D eigenvalue weighted by molar-refractivity contribution is 0.280. The summed E-state index contributed by atoms with van der Waals surface area (Å²) in [5.74, 6) is 0. The van der Waals surface area contributed by atoms with Crippen LogP contribution in [0.3, 0.4) is 0 Å². The van der Waals surface area contributed by atoms with Crippen LogP contribution in [0.15, 0.2) is 22.7 Å². The lowest BCUT2D eigenvalue weighted by atomic mass is 10.0. The largest absolute Gasteiger partial charge is 0.392 e. The molecule has 1 aromatic carbocycles. The summed E-state index contributed by atoms with van der Waals surface area (Å²) < 4.78 is 0.968. The van der Waals surface area contributed by atoms with Gasteiger partial charge in [0, 0.05) is 10.5 Å². The molecule has 4 heteroatoms. The Balaban J connectivity index is 0.00000144. The van der Waals surface area contributed by atoms with Crippen molar-refractivity contribution < 1.29 is 5.11 Å². The second-order valence-electron chi connectivity index (χ2n) is 2.79. The Morgan fingerprint density at radius 2 is 2.15 bits per heavy atom. The lowest BCUT2D eigenvalue weighted by Gasteiger charge is -2.10. The minimum absolute atomic E-state index is 0. The highest BCUT2D eigenvalue weighted by molar-refractivity contribution is 9.10. The molecule has 13 heavy (non-hydrogen) atoms. The van der Waals surface area contributed by atoms with E-state index in [-0.39, 0.29) is 25.1 Å². The monoisotopic (exact) mass is 265 g/mol. The molecule has 0 radical (unpaired) electrons. The van der Waals surface area contributed by atoms with Gasteiger partial charge in [-0.15, -0.1) is 12.4 Å². The summed E-state index contributed by atoms with van der Waals surface area (Å²) in [5.41, 5.74) is 7.60. The Hall–Kier alpha value is -0.0900. The molecule has 0 saturated heterocycles. The molecule has 0 unspecified atom stereocenters. The number of hydrogen-bond donors (Lipinski definition) is 2. The third-order valence-electron chi connectivity index (χ3n) is 1.77. The highest BCUT2D eigenvalue weighted by Gasteiger charge is 2.05. The summed E-state index contributed by atoms with van der Waals surface area (Å²) >= 11 is 3.33. The molecule has 1 aromatic rings. The molecule has 0 fully saturated rings. The third kappa shape index (κ3) is 3.27. The van der Waals surface area contributed by atoms with Crippen molar-refractivity contribution in [3.8, 4) is 0 Å². The number of hydrogen-bond acceptors (Lipinski definition) is 2. The van der Waals surface area contributed by atoms with E-state index < -0.39 is 0 Å². The Kier molecular flexibility index (Phi) is 5.56. The number of aliphatic hydroxyl groups excluding tert-OH is 1. The van der Waals surface area contributed by atoms with Gasteiger partial charge in [0.25, 0.3) is 0 Å². The van der Waals surface area contributed by atoms with E-state index in [9.17, 15) is 0 Å². The van der Waals surface area contributed by atoms with Crippen LogP contribution in [0.25, 0.3) is 0 Å². The number of aliphatic hydroxyl groups is 1. The van der Waals surface area contributed by atoms with Crippen molar-refractivity contribution in [3.63, 3.8) is 0 Å². The van der Waals surface area contributed by atoms with E-state index in [1.165, 1.54) is 0 Å². The zero-order valence-electron chi connectivity index (χ0n) is 7.33. The molecule has 0 spiro atoms. The van der Waals surface area contributed by atoms with Crippen molar-refractivity contribution in [1.82, 2.24) is 0 Å². The minimum Gasteiger partial charge on any atom is -0.392 e. The van der Waals surface area contributed by atoms with E-state index in [2.05, 4.69) is 15.9 Å². The fraction of sp³-hybridized carbons (Fsp3) is 0.333. The number of halogens is 2. The maximum Gasteiger partial charge on any atom is 0.0685 e. The maximum absolute atomic E-state index is 9.02. The predicted molar refractivity (Wildman–Crippen MR) is 59.9 cm³/mol. The second-order valence-corrected chi connectivity index (χ2v) is 3.71. The molecular weight excluding hydrogens is 253 g/mol. The van der Waals surface area contributed by atoms with Gasteiger partial charge in [-0.3, -0.25) is 0 Å². The van der Waals surface area contributed by atoms with E-state index in [4.69, 9.17) is 10.8 Å². The summed E-state index contributed by atoms with van der Waals surface area (Å²) in [6.45, 7) is 1.94. The van der Waals surface area contributed by atoms with Gasteiger partial charge in [0.15, 0.2) is 0 Å². The summed E-state index contributed by atoms with van der Waals surface area (Å²) in [5, 5.41) is 9.02. The quantitative estimate of drug-likeness (QED) is 0.863. The highest BCUT2D eigenvalue weighted by atomic mass is 79.9. The predicted octanol–water partition coefficient (Wildman–Crippen LogP) is 2.38. The molecular formula is C9H13BrClNO. The van der Waals surface area contributed by atoms with Crippen LogP contribution in [0.4, 0.5) is 0 Å². The first-order valence-corrected chi connectivity index (χ1v) is 4.59. The summed E-state index contributed by atoms with van der Waals surface area (Å²) in [6.07, 6.45) is 0. The van der Waals surface area contributed by atoms with Crippen molar-refractivity contribution >= 4 is 28.3 Å². The SMILES string of the molecule is C[C@@H](N)c1ccc(Br)cc1CO.Cl. The van der Waals surface area contributed by atoms with Gasteiger partial charge >= 0.3 is 0 Å². The molecule has 0 aliphatic heterocycles. The van der Waals surface area contributed by atoms with Crippen LogP contribution < -0.4 is 5.73 Å². The number of nitrogens with two attached hydrogens (primary N) is 1. The normalized spacial score (nSPS) is 12.0. The Bertz CT molecular complexity index is 278. The van der Waals surface area contributed by atoms with Crippen LogP contribution >= 0.6 is 28.3 Å². The standard InChI is InChI=1S/C9H12BrNO.ClH/c1-6(11)9-3-2-8(10)4-7(9)5-12;/h2-4,6,12H,5,11H2,1H3;1H/t6-;/m1./s1. The fourth-order valence-electron chi connectivity index (χ4n) is 1.16. The molecule has 0 aliphatic rings. The van der Waals surface area contributed by atoms with Crippen molar-refractivity contribution in [2.75, 3.05) is 0 Å². The van der Waals surface area contributed by atoms with Gasteiger partial charge in [-0.25, -0.2) is 0 Å². The van der Waals surface area contributed by atoms with E-state index in [0.717, 1.165) is 15.6 Å². The van der Waals surface area contributed by atoms with Crippen molar-refractivity contribution in [2.45, 2.75) is 19.6 Å². The fourth-order valence-corrected chi connectivity index (χ4v) is 1.56. The average molecular weight is 267 g/mol. The molecule has 0 aliphatic carbocycles.